The highest BCUT2D eigenvalue weighted by Gasteiger charge is 2.34. The van der Waals surface area contributed by atoms with E-state index in [2.05, 4.69) is 5.10 Å². The molecule has 1 aromatic carbocycles. The lowest BCUT2D eigenvalue weighted by Gasteiger charge is -2.21. The molecule has 6 nitrogen and oxygen atoms in total. The van der Waals surface area contributed by atoms with Crippen LogP contribution in [0.25, 0.3) is 5.69 Å². The van der Waals surface area contributed by atoms with E-state index in [0.717, 1.165) is 12.1 Å². The highest BCUT2D eigenvalue weighted by Crippen LogP contribution is 2.23. The number of carbonyl (C=O) groups is 1. The first-order valence-electron chi connectivity index (χ1n) is 8.18. The molecule has 1 amide bonds. The lowest BCUT2D eigenvalue weighted by atomic mass is 10.1. The van der Waals surface area contributed by atoms with Gasteiger partial charge in [-0.15, -0.1) is 0 Å². The van der Waals surface area contributed by atoms with E-state index in [9.17, 15) is 9.59 Å². The van der Waals surface area contributed by atoms with E-state index in [0.29, 0.717) is 18.8 Å². The number of aromatic nitrogens is 2. The standard InChI is InChI=1S/C18H22N4O2/c1-12-8-14(10-19)11-21(12)18(24)17-16(23)9-13(2)22(20-17)15-6-4-3-5-7-15/h3-7,9,12,14H,8,10-11,19H2,1-2H3. The minimum Gasteiger partial charge on any atom is -0.334 e. The first kappa shape index (κ1) is 16.4. The van der Waals surface area contributed by atoms with Crippen molar-refractivity contribution in [2.75, 3.05) is 13.1 Å². The molecule has 0 radical (unpaired) electrons. The summed E-state index contributed by atoms with van der Waals surface area (Å²) in [7, 11) is 0. The van der Waals surface area contributed by atoms with E-state index in [1.165, 1.54) is 6.07 Å². The van der Waals surface area contributed by atoms with E-state index in [4.69, 9.17) is 5.73 Å². The Morgan fingerprint density at radius 3 is 2.67 bits per heavy atom. The van der Waals surface area contributed by atoms with Crippen molar-refractivity contribution in [2.45, 2.75) is 26.3 Å². The number of hydrogen-bond acceptors (Lipinski definition) is 4. The van der Waals surface area contributed by atoms with E-state index >= 15 is 0 Å². The normalized spacial score (nSPS) is 20.4. The maximum atomic E-state index is 12.8. The van der Waals surface area contributed by atoms with Crippen molar-refractivity contribution >= 4 is 5.91 Å². The maximum absolute atomic E-state index is 12.8. The average molecular weight is 326 g/mol. The van der Waals surface area contributed by atoms with Gasteiger partial charge in [-0.05, 0) is 44.9 Å². The van der Waals surface area contributed by atoms with Crippen molar-refractivity contribution in [1.82, 2.24) is 14.7 Å². The van der Waals surface area contributed by atoms with Crippen molar-refractivity contribution in [1.29, 1.82) is 0 Å². The van der Waals surface area contributed by atoms with Crippen molar-refractivity contribution in [3.8, 4) is 5.69 Å². The third kappa shape index (κ3) is 2.97. The molecule has 1 fully saturated rings. The summed E-state index contributed by atoms with van der Waals surface area (Å²) in [6.07, 6.45) is 0.862. The second-order valence-electron chi connectivity index (χ2n) is 6.39. The first-order valence-corrected chi connectivity index (χ1v) is 8.18. The smallest absolute Gasteiger partial charge is 0.278 e. The zero-order valence-corrected chi connectivity index (χ0v) is 14.0. The number of aryl methyl sites for hydroxylation is 1. The maximum Gasteiger partial charge on any atom is 0.278 e. The molecule has 0 aliphatic carbocycles. The molecule has 1 aliphatic heterocycles. The minimum atomic E-state index is -0.340. The van der Waals surface area contributed by atoms with Gasteiger partial charge in [-0.3, -0.25) is 9.59 Å². The Kier molecular flexibility index (Phi) is 4.49. The number of benzene rings is 1. The zero-order valence-electron chi connectivity index (χ0n) is 14.0. The minimum absolute atomic E-state index is 0.0334. The predicted octanol–water partition coefficient (Wildman–Crippen LogP) is 1.35. The fourth-order valence-electron chi connectivity index (χ4n) is 3.26. The van der Waals surface area contributed by atoms with Crippen LogP contribution in [0.15, 0.2) is 41.2 Å². The molecule has 2 atom stereocenters. The molecule has 0 spiro atoms. The summed E-state index contributed by atoms with van der Waals surface area (Å²) in [5.74, 6) is -0.0288. The summed E-state index contributed by atoms with van der Waals surface area (Å²) < 4.78 is 1.63. The average Bonchev–Trinajstić information content (AvgIpc) is 2.96. The Balaban J connectivity index is 1.99. The van der Waals surface area contributed by atoms with E-state index in [1.54, 1.807) is 16.5 Å². The molecule has 1 aliphatic rings. The zero-order chi connectivity index (χ0) is 17.3. The largest absolute Gasteiger partial charge is 0.334 e. The molecule has 1 aromatic heterocycles. The number of rotatable bonds is 3. The summed E-state index contributed by atoms with van der Waals surface area (Å²) in [4.78, 5) is 26.9. The number of nitrogens with zero attached hydrogens (tertiary/aromatic N) is 3. The summed E-state index contributed by atoms with van der Waals surface area (Å²) in [6, 6.07) is 11.0. The van der Waals surface area contributed by atoms with Crippen LogP contribution in [0.4, 0.5) is 0 Å². The van der Waals surface area contributed by atoms with Crippen LogP contribution < -0.4 is 11.2 Å². The molecule has 3 rings (SSSR count). The van der Waals surface area contributed by atoms with Gasteiger partial charge < -0.3 is 10.6 Å². The number of nitrogens with two attached hydrogens (primary N) is 1. The SMILES string of the molecule is Cc1cc(=O)c(C(=O)N2CC(CN)CC2C)nn1-c1ccccc1. The van der Waals surface area contributed by atoms with Gasteiger partial charge in [0.1, 0.15) is 0 Å². The molecule has 126 valence electrons. The van der Waals surface area contributed by atoms with Crippen LogP contribution in [0.2, 0.25) is 0 Å². The van der Waals surface area contributed by atoms with Crippen LogP contribution in [-0.4, -0.2) is 39.7 Å². The van der Waals surface area contributed by atoms with E-state index in [1.807, 2.05) is 37.3 Å². The molecule has 2 aromatic rings. The number of para-hydroxylation sites is 1. The number of likely N-dealkylation sites (tertiary alicyclic amines) is 1. The highest BCUT2D eigenvalue weighted by molar-refractivity contribution is 5.92. The van der Waals surface area contributed by atoms with Gasteiger partial charge in [0.05, 0.1) is 5.69 Å². The van der Waals surface area contributed by atoms with Crippen LogP contribution in [0.1, 0.15) is 29.5 Å². The van der Waals surface area contributed by atoms with Crippen LogP contribution in [-0.2, 0) is 0 Å². The molecular formula is C18H22N4O2. The lowest BCUT2D eigenvalue weighted by Crippen LogP contribution is -2.38. The molecule has 24 heavy (non-hydrogen) atoms. The monoisotopic (exact) mass is 326 g/mol. The van der Waals surface area contributed by atoms with E-state index < -0.39 is 0 Å². The van der Waals surface area contributed by atoms with Gasteiger partial charge in [0.25, 0.3) is 5.91 Å². The van der Waals surface area contributed by atoms with Gasteiger partial charge in [0.15, 0.2) is 5.69 Å². The van der Waals surface area contributed by atoms with Crippen LogP contribution in [0.5, 0.6) is 0 Å². The predicted molar refractivity (Wildman–Crippen MR) is 92.2 cm³/mol. The summed E-state index contributed by atoms with van der Waals surface area (Å²) in [5.41, 5.74) is 6.86. The molecule has 2 N–H and O–H groups in total. The molecule has 6 heteroatoms. The second kappa shape index (κ2) is 6.57. The first-order chi connectivity index (χ1) is 11.5. The third-order valence-electron chi connectivity index (χ3n) is 4.57. The van der Waals surface area contributed by atoms with Crippen molar-refractivity contribution in [2.24, 2.45) is 11.7 Å². The summed E-state index contributed by atoms with van der Waals surface area (Å²) in [6.45, 7) is 4.91. The van der Waals surface area contributed by atoms with Crippen molar-refractivity contribution in [3.05, 3.63) is 58.0 Å². The Bertz CT molecular complexity index is 800. The van der Waals surface area contributed by atoms with Gasteiger partial charge in [-0.1, -0.05) is 18.2 Å². The fraction of sp³-hybridized carbons (Fsp3) is 0.389. The van der Waals surface area contributed by atoms with Gasteiger partial charge in [-0.25, -0.2) is 4.68 Å². The summed E-state index contributed by atoms with van der Waals surface area (Å²) >= 11 is 0. The molecule has 2 unspecified atom stereocenters. The molecule has 2 heterocycles. The molecule has 0 saturated carbocycles. The highest BCUT2D eigenvalue weighted by atomic mass is 16.2. The van der Waals surface area contributed by atoms with E-state index in [-0.39, 0.29) is 29.0 Å². The second-order valence-corrected chi connectivity index (χ2v) is 6.39. The number of hydrogen-bond donors (Lipinski definition) is 1. The molecular weight excluding hydrogens is 304 g/mol. The topological polar surface area (TPSA) is 81.2 Å². The van der Waals surface area contributed by atoms with Crippen molar-refractivity contribution in [3.63, 3.8) is 0 Å². The van der Waals surface area contributed by atoms with Crippen LogP contribution in [0, 0.1) is 12.8 Å². The van der Waals surface area contributed by atoms with Crippen LogP contribution in [0.3, 0.4) is 0 Å². The van der Waals surface area contributed by atoms with Gasteiger partial charge >= 0.3 is 0 Å². The Labute approximate surface area is 140 Å². The molecule has 0 bridgehead atoms. The third-order valence-corrected chi connectivity index (χ3v) is 4.57. The van der Waals surface area contributed by atoms with Crippen molar-refractivity contribution < 1.29 is 4.79 Å². The quantitative estimate of drug-likeness (QED) is 0.923. The van der Waals surface area contributed by atoms with Gasteiger partial charge in [-0.2, -0.15) is 5.10 Å². The Morgan fingerprint density at radius 1 is 1.33 bits per heavy atom. The lowest BCUT2D eigenvalue weighted by molar-refractivity contribution is 0.0734. The van der Waals surface area contributed by atoms with Crippen LogP contribution >= 0.6 is 0 Å². The van der Waals surface area contributed by atoms with Gasteiger partial charge in [0, 0.05) is 24.3 Å². The Morgan fingerprint density at radius 2 is 2.04 bits per heavy atom. The summed E-state index contributed by atoms with van der Waals surface area (Å²) in [5, 5.41) is 4.35. The number of carbonyl (C=O) groups excluding carboxylic acids is 1. The molecule has 1 saturated heterocycles. The van der Waals surface area contributed by atoms with Gasteiger partial charge in [0.2, 0.25) is 5.43 Å². The fourth-order valence-corrected chi connectivity index (χ4v) is 3.26. The Hall–Kier alpha value is -2.47. The number of amides is 1.